The molecule has 0 unspecified atom stereocenters. The van der Waals surface area contributed by atoms with E-state index in [2.05, 4.69) is 15.3 Å². The molecular formula is C19H24N4O3. The highest BCUT2D eigenvalue weighted by Crippen LogP contribution is 2.25. The first-order valence-electron chi connectivity index (χ1n) is 8.71. The van der Waals surface area contributed by atoms with Crippen molar-refractivity contribution in [3.05, 3.63) is 46.4 Å². The average Bonchev–Trinajstić information content (AvgIpc) is 2.65. The molecule has 0 bridgehead atoms. The van der Waals surface area contributed by atoms with Crippen LogP contribution in [-0.2, 0) is 11.8 Å². The van der Waals surface area contributed by atoms with Crippen molar-refractivity contribution in [2.75, 3.05) is 30.4 Å². The second-order valence-corrected chi connectivity index (χ2v) is 6.61. The lowest BCUT2D eigenvalue weighted by Gasteiger charge is -2.32. The fourth-order valence-corrected chi connectivity index (χ4v) is 3.17. The van der Waals surface area contributed by atoms with Crippen LogP contribution in [0.4, 0.5) is 11.4 Å². The van der Waals surface area contributed by atoms with E-state index in [4.69, 9.17) is 4.74 Å². The second kappa shape index (κ2) is 7.59. The summed E-state index contributed by atoms with van der Waals surface area (Å²) in [6.07, 6.45) is 3.19. The number of carbonyl (C=O) groups is 1. The molecule has 0 saturated carbocycles. The zero-order valence-corrected chi connectivity index (χ0v) is 15.4. The number of amides is 1. The van der Waals surface area contributed by atoms with Crippen molar-refractivity contribution >= 4 is 17.3 Å². The van der Waals surface area contributed by atoms with Crippen molar-refractivity contribution in [2.45, 2.75) is 19.8 Å². The van der Waals surface area contributed by atoms with E-state index in [1.54, 1.807) is 26.4 Å². The molecule has 2 heterocycles. The zero-order chi connectivity index (χ0) is 18.7. The average molecular weight is 356 g/mol. The number of anilines is 2. The van der Waals surface area contributed by atoms with Crippen molar-refractivity contribution in [3.8, 4) is 5.75 Å². The molecule has 1 aliphatic rings. The van der Waals surface area contributed by atoms with Crippen LogP contribution in [0.1, 0.15) is 18.4 Å². The summed E-state index contributed by atoms with van der Waals surface area (Å²) in [6.45, 7) is 3.41. The van der Waals surface area contributed by atoms with Crippen LogP contribution in [-0.4, -0.2) is 35.9 Å². The van der Waals surface area contributed by atoms with Gasteiger partial charge >= 0.3 is 0 Å². The highest BCUT2D eigenvalue weighted by molar-refractivity contribution is 5.93. The molecule has 138 valence electrons. The summed E-state index contributed by atoms with van der Waals surface area (Å²) in [4.78, 5) is 26.4. The van der Waals surface area contributed by atoms with Gasteiger partial charge in [0.25, 0.3) is 5.56 Å². The molecule has 1 aromatic heterocycles. The van der Waals surface area contributed by atoms with Gasteiger partial charge in [-0.1, -0.05) is 0 Å². The van der Waals surface area contributed by atoms with Crippen LogP contribution in [0, 0.1) is 12.8 Å². The number of aryl methyl sites for hydroxylation is 2. The molecule has 7 nitrogen and oxygen atoms in total. The van der Waals surface area contributed by atoms with Crippen LogP contribution in [0.5, 0.6) is 5.75 Å². The predicted octanol–water partition coefficient (Wildman–Crippen LogP) is 1.95. The molecule has 1 aliphatic heterocycles. The molecule has 7 heteroatoms. The van der Waals surface area contributed by atoms with Crippen molar-refractivity contribution in [2.24, 2.45) is 13.0 Å². The third kappa shape index (κ3) is 3.87. The van der Waals surface area contributed by atoms with Crippen LogP contribution in [0.15, 0.2) is 35.3 Å². The van der Waals surface area contributed by atoms with Gasteiger partial charge in [0.05, 0.1) is 19.0 Å². The monoisotopic (exact) mass is 356 g/mol. The number of carbonyl (C=O) groups excluding carboxylic acids is 1. The first kappa shape index (κ1) is 18.0. The molecule has 1 amide bonds. The Hall–Kier alpha value is -2.83. The Bertz CT molecular complexity index is 854. The van der Waals surface area contributed by atoms with E-state index in [9.17, 15) is 9.59 Å². The summed E-state index contributed by atoms with van der Waals surface area (Å²) in [5.74, 6) is 0.781. The molecule has 1 saturated heterocycles. The van der Waals surface area contributed by atoms with E-state index < -0.39 is 0 Å². The summed E-state index contributed by atoms with van der Waals surface area (Å²) in [5, 5.41) is 7.08. The molecule has 2 aromatic rings. The summed E-state index contributed by atoms with van der Waals surface area (Å²) >= 11 is 0. The van der Waals surface area contributed by atoms with E-state index in [0.717, 1.165) is 48.6 Å². The van der Waals surface area contributed by atoms with E-state index >= 15 is 0 Å². The molecule has 3 rings (SSSR count). The molecule has 1 aromatic carbocycles. The van der Waals surface area contributed by atoms with Gasteiger partial charge in [0.15, 0.2) is 0 Å². The number of nitrogens with zero attached hydrogens (tertiary/aromatic N) is 3. The van der Waals surface area contributed by atoms with E-state index in [1.807, 2.05) is 25.1 Å². The lowest BCUT2D eigenvalue weighted by atomic mass is 9.95. The van der Waals surface area contributed by atoms with Gasteiger partial charge in [0, 0.05) is 37.8 Å². The Balaban J connectivity index is 1.60. The SMILES string of the molecule is COc1ccc(NC(=O)C2CCN(c3cnn(C)c(=O)c3)CC2)c(C)c1. The number of nitrogens with one attached hydrogen (secondary N) is 1. The number of benzene rings is 1. The lowest BCUT2D eigenvalue weighted by molar-refractivity contribution is -0.120. The largest absolute Gasteiger partial charge is 0.497 e. The van der Waals surface area contributed by atoms with Gasteiger partial charge in [0.2, 0.25) is 5.91 Å². The minimum absolute atomic E-state index is 0.0349. The Kier molecular flexibility index (Phi) is 5.25. The van der Waals surface area contributed by atoms with Gasteiger partial charge in [-0.3, -0.25) is 9.59 Å². The molecular weight excluding hydrogens is 332 g/mol. The van der Waals surface area contributed by atoms with Crippen molar-refractivity contribution in [1.82, 2.24) is 9.78 Å². The third-order valence-corrected chi connectivity index (χ3v) is 4.88. The number of ether oxygens (including phenoxy) is 1. The molecule has 0 aliphatic carbocycles. The maximum Gasteiger partial charge on any atom is 0.268 e. The van der Waals surface area contributed by atoms with Crippen LogP contribution in [0.25, 0.3) is 0 Å². The third-order valence-electron chi connectivity index (χ3n) is 4.88. The smallest absolute Gasteiger partial charge is 0.268 e. The number of hydrogen-bond donors (Lipinski definition) is 1. The van der Waals surface area contributed by atoms with Gasteiger partial charge in [-0.15, -0.1) is 0 Å². The van der Waals surface area contributed by atoms with E-state index in [1.165, 1.54) is 4.68 Å². The summed E-state index contributed by atoms with van der Waals surface area (Å²) < 4.78 is 6.50. The van der Waals surface area contributed by atoms with Gasteiger partial charge in [-0.05, 0) is 43.5 Å². The maximum absolute atomic E-state index is 12.6. The molecule has 1 fully saturated rings. The number of rotatable bonds is 4. The molecule has 0 spiro atoms. The predicted molar refractivity (Wildman–Crippen MR) is 101 cm³/mol. The normalized spacial score (nSPS) is 15.0. The van der Waals surface area contributed by atoms with Crippen molar-refractivity contribution in [3.63, 3.8) is 0 Å². The number of aromatic nitrogens is 2. The molecule has 26 heavy (non-hydrogen) atoms. The maximum atomic E-state index is 12.6. The first-order chi connectivity index (χ1) is 12.5. The van der Waals surface area contributed by atoms with Crippen LogP contribution in [0.3, 0.4) is 0 Å². The number of hydrogen-bond acceptors (Lipinski definition) is 5. The minimum Gasteiger partial charge on any atom is -0.497 e. The summed E-state index contributed by atoms with van der Waals surface area (Å²) in [7, 11) is 3.25. The van der Waals surface area contributed by atoms with Gasteiger partial charge in [-0.25, -0.2) is 4.68 Å². The zero-order valence-electron chi connectivity index (χ0n) is 15.4. The highest BCUT2D eigenvalue weighted by Gasteiger charge is 2.25. The number of piperidine rings is 1. The Morgan fingerprint density at radius 2 is 2.00 bits per heavy atom. The van der Waals surface area contributed by atoms with Crippen molar-refractivity contribution in [1.29, 1.82) is 0 Å². The molecule has 0 radical (unpaired) electrons. The molecule has 0 atom stereocenters. The lowest BCUT2D eigenvalue weighted by Crippen LogP contribution is -2.39. The second-order valence-electron chi connectivity index (χ2n) is 6.61. The Morgan fingerprint density at radius 1 is 1.27 bits per heavy atom. The standard InChI is InChI=1S/C19H24N4O3/c1-13-10-16(26-3)4-5-17(13)21-19(25)14-6-8-23(9-7-14)15-11-18(24)22(2)20-12-15/h4-5,10-12,14H,6-9H2,1-3H3,(H,21,25). The quantitative estimate of drug-likeness (QED) is 0.906. The molecule has 1 N–H and O–H groups in total. The van der Waals surface area contributed by atoms with E-state index in [-0.39, 0.29) is 17.4 Å². The summed E-state index contributed by atoms with van der Waals surface area (Å²) in [6, 6.07) is 7.20. The number of methoxy groups -OCH3 is 1. The van der Waals surface area contributed by atoms with Gasteiger partial charge < -0.3 is 15.0 Å². The fourth-order valence-electron chi connectivity index (χ4n) is 3.17. The summed E-state index contributed by atoms with van der Waals surface area (Å²) in [5.41, 5.74) is 2.48. The van der Waals surface area contributed by atoms with Gasteiger partial charge in [0.1, 0.15) is 5.75 Å². The minimum atomic E-state index is -0.127. The fraction of sp³-hybridized carbons (Fsp3) is 0.421. The Morgan fingerprint density at radius 3 is 2.62 bits per heavy atom. The van der Waals surface area contributed by atoms with Crippen LogP contribution in [0.2, 0.25) is 0 Å². The first-order valence-corrected chi connectivity index (χ1v) is 8.71. The topological polar surface area (TPSA) is 76.5 Å². The Labute approximate surface area is 152 Å². The van der Waals surface area contributed by atoms with E-state index in [0.29, 0.717) is 0 Å². The van der Waals surface area contributed by atoms with Crippen LogP contribution >= 0.6 is 0 Å². The van der Waals surface area contributed by atoms with Gasteiger partial charge in [-0.2, -0.15) is 5.10 Å². The highest BCUT2D eigenvalue weighted by atomic mass is 16.5. The van der Waals surface area contributed by atoms with Crippen LogP contribution < -0.4 is 20.5 Å². The van der Waals surface area contributed by atoms with Crippen molar-refractivity contribution < 1.29 is 9.53 Å².